The van der Waals surface area contributed by atoms with E-state index in [-0.39, 0.29) is 5.54 Å². The normalized spacial score (nSPS) is 24.2. The number of nitrogens with one attached hydrogen (secondary N) is 1. The summed E-state index contributed by atoms with van der Waals surface area (Å²) in [6.07, 6.45) is 2.48. The van der Waals surface area contributed by atoms with E-state index in [9.17, 15) is 0 Å². The van der Waals surface area contributed by atoms with E-state index in [0.717, 1.165) is 18.9 Å². The number of ether oxygens (including phenoxy) is 1. The molecule has 2 heteroatoms. The van der Waals surface area contributed by atoms with Gasteiger partial charge in [0.2, 0.25) is 0 Å². The largest absolute Gasteiger partial charge is 0.494 e. The Morgan fingerprint density at radius 1 is 1.41 bits per heavy atom. The molecule has 1 aromatic carbocycles. The van der Waals surface area contributed by atoms with Gasteiger partial charge in [-0.2, -0.15) is 0 Å². The van der Waals surface area contributed by atoms with Crippen LogP contribution >= 0.6 is 0 Å². The summed E-state index contributed by atoms with van der Waals surface area (Å²) in [6.45, 7) is 8.47. The minimum absolute atomic E-state index is 0.146. The van der Waals surface area contributed by atoms with Crippen molar-refractivity contribution in [1.29, 1.82) is 0 Å². The number of hydrogen-bond donors (Lipinski definition) is 1. The molecule has 1 aliphatic heterocycles. The highest BCUT2D eigenvalue weighted by molar-refractivity contribution is 5.34. The molecule has 1 aromatic rings. The molecule has 94 valence electrons. The van der Waals surface area contributed by atoms with Crippen molar-refractivity contribution in [3.63, 3.8) is 0 Å². The predicted molar refractivity (Wildman–Crippen MR) is 71.4 cm³/mol. The third kappa shape index (κ3) is 2.32. The SMILES string of the molecule is CCOc1cccc(C2(C(C)C)CCCN2)c1. The average Bonchev–Trinajstić information content (AvgIpc) is 2.80. The van der Waals surface area contributed by atoms with Crippen LogP contribution in [-0.2, 0) is 5.54 Å². The Labute approximate surface area is 104 Å². The van der Waals surface area contributed by atoms with Crippen molar-refractivity contribution in [2.45, 2.75) is 39.2 Å². The van der Waals surface area contributed by atoms with E-state index >= 15 is 0 Å². The Balaban J connectivity index is 2.33. The number of hydrogen-bond acceptors (Lipinski definition) is 2. The van der Waals surface area contributed by atoms with Crippen LogP contribution in [-0.4, -0.2) is 13.2 Å². The van der Waals surface area contributed by atoms with Gasteiger partial charge in [0.1, 0.15) is 5.75 Å². The minimum atomic E-state index is 0.146. The lowest BCUT2D eigenvalue weighted by Crippen LogP contribution is -2.41. The zero-order valence-electron chi connectivity index (χ0n) is 11.1. The van der Waals surface area contributed by atoms with Gasteiger partial charge >= 0.3 is 0 Å². The molecule has 0 bridgehead atoms. The Morgan fingerprint density at radius 2 is 2.24 bits per heavy atom. The Morgan fingerprint density at radius 3 is 2.82 bits per heavy atom. The summed E-state index contributed by atoms with van der Waals surface area (Å²) in [4.78, 5) is 0. The van der Waals surface area contributed by atoms with Crippen LogP contribution in [0, 0.1) is 5.92 Å². The summed E-state index contributed by atoms with van der Waals surface area (Å²) < 4.78 is 5.60. The molecule has 1 aliphatic rings. The standard InChI is InChI=1S/C15H23NO/c1-4-17-14-8-5-7-13(11-14)15(12(2)3)9-6-10-16-15/h5,7-8,11-12,16H,4,6,9-10H2,1-3H3. The molecule has 0 aromatic heterocycles. The van der Waals surface area contributed by atoms with E-state index in [2.05, 4.69) is 37.4 Å². The molecule has 1 fully saturated rings. The minimum Gasteiger partial charge on any atom is -0.494 e. The molecule has 0 spiro atoms. The summed E-state index contributed by atoms with van der Waals surface area (Å²) in [7, 11) is 0. The maximum atomic E-state index is 5.60. The zero-order chi connectivity index (χ0) is 12.3. The van der Waals surface area contributed by atoms with Crippen molar-refractivity contribution in [3.8, 4) is 5.75 Å². The molecule has 1 saturated heterocycles. The fourth-order valence-corrected chi connectivity index (χ4v) is 2.87. The Hall–Kier alpha value is -1.02. The monoisotopic (exact) mass is 233 g/mol. The first-order chi connectivity index (χ1) is 8.19. The molecule has 17 heavy (non-hydrogen) atoms. The van der Waals surface area contributed by atoms with Gasteiger partial charge in [0.05, 0.1) is 6.61 Å². The van der Waals surface area contributed by atoms with Crippen LogP contribution in [0.3, 0.4) is 0 Å². The van der Waals surface area contributed by atoms with E-state index in [4.69, 9.17) is 4.74 Å². The second-order valence-electron chi connectivity index (χ2n) is 5.12. The van der Waals surface area contributed by atoms with Gasteiger partial charge in [-0.15, -0.1) is 0 Å². The van der Waals surface area contributed by atoms with Crippen LogP contribution in [0.5, 0.6) is 5.75 Å². The second-order valence-corrected chi connectivity index (χ2v) is 5.12. The van der Waals surface area contributed by atoms with E-state index in [1.54, 1.807) is 0 Å². The van der Waals surface area contributed by atoms with Gasteiger partial charge in [0.25, 0.3) is 0 Å². The quantitative estimate of drug-likeness (QED) is 0.861. The molecule has 1 heterocycles. The first kappa shape index (κ1) is 12.4. The van der Waals surface area contributed by atoms with E-state index < -0.39 is 0 Å². The predicted octanol–water partition coefficient (Wildman–Crippen LogP) is 3.32. The molecule has 2 nitrogen and oxygen atoms in total. The van der Waals surface area contributed by atoms with Crippen LogP contribution in [0.4, 0.5) is 0 Å². The molecule has 1 N–H and O–H groups in total. The Bertz CT molecular complexity index is 367. The average molecular weight is 233 g/mol. The molecule has 1 unspecified atom stereocenters. The first-order valence-corrected chi connectivity index (χ1v) is 6.67. The number of benzene rings is 1. The highest BCUT2D eigenvalue weighted by Crippen LogP contribution is 2.38. The lowest BCUT2D eigenvalue weighted by Gasteiger charge is -2.34. The summed E-state index contributed by atoms with van der Waals surface area (Å²) in [5.41, 5.74) is 1.52. The molecular formula is C15H23NO. The molecular weight excluding hydrogens is 210 g/mol. The summed E-state index contributed by atoms with van der Waals surface area (Å²) >= 11 is 0. The van der Waals surface area contributed by atoms with Gasteiger partial charge in [-0.05, 0) is 49.9 Å². The van der Waals surface area contributed by atoms with Gasteiger partial charge in [-0.1, -0.05) is 26.0 Å². The second kappa shape index (κ2) is 5.09. The first-order valence-electron chi connectivity index (χ1n) is 6.67. The van der Waals surface area contributed by atoms with Crippen molar-refractivity contribution in [1.82, 2.24) is 5.32 Å². The van der Waals surface area contributed by atoms with Crippen molar-refractivity contribution in [2.24, 2.45) is 5.92 Å². The van der Waals surface area contributed by atoms with Gasteiger partial charge in [-0.25, -0.2) is 0 Å². The maximum Gasteiger partial charge on any atom is 0.119 e. The zero-order valence-corrected chi connectivity index (χ0v) is 11.1. The van der Waals surface area contributed by atoms with Crippen molar-refractivity contribution >= 4 is 0 Å². The third-order valence-electron chi connectivity index (χ3n) is 3.83. The summed E-state index contributed by atoms with van der Waals surface area (Å²) in [6, 6.07) is 8.56. The lowest BCUT2D eigenvalue weighted by atomic mass is 9.79. The molecule has 1 atom stereocenters. The lowest BCUT2D eigenvalue weighted by molar-refractivity contribution is 0.274. The van der Waals surface area contributed by atoms with Gasteiger partial charge in [-0.3, -0.25) is 0 Å². The third-order valence-corrected chi connectivity index (χ3v) is 3.83. The highest BCUT2D eigenvalue weighted by atomic mass is 16.5. The van der Waals surface area contributed by atoms with Crippen molar-refractivity contribution < 1.29 is 4.74 Å². The van der Waals surface area contributed by atoms with Gasteiger partial charge in [0.15, 0.2) is 0 Å². The topological polar surface area (TPSA) is 21.3 Å². The van der Waals surface area contributed by atoms with Crippen LogP contribution < -0.4 is 10.1 Å². The van der Waals surface area contributed by atoms with Crippen LogP contribution in [0.15, 0.2) is 24.3 Å². The summed E-state index contributed by atoms with van der Waals surface area (Å²) in [5, 5.41) is 3.70. The number of rotatable bonds is 4. The van der Waals surface area contributed by atoms with Crippen LogP contribution in [0.2, 0.25) is 0 Å². The molecule has 0 saturated carbocycles. The summed E-state index contributed by atoms with van der Waals surface area (Å²) in [5.74, 6) is 1.58. The van der Waals surface area contributed by atoms with E-state index in [0.29, 0.717) is 5.92 Å². The van der Waals surface area contributed by atoms with Gasteiger partial charge in [0, 0.05) is 5.54 Å². The smallest absolute Gasteiger partial charge is 0.119 e. The van der Waals surface area contributed by atoms with Gasteiger partial charge < -0.3 is 10.1 Å². The fraction of sp³-hybridized carbons (Fsp3) is 0.600. The van der Waals surface area contributed by atoms with E-state index in [1.807, 2.05) is 13.0 Å². The van der Waals surface area contributed by atoms with Crippen molar-refractivity contribution in [3.05, 3.63) is 29.8 Å². The van der Waals surface area contributed by atoms with E-state index in [1.165, 1.54) is 18.4 Å². The molecule has 0 aliphatic carbocycles. The molecule has 0 radical (unpaired) electrons. The fourth-order valence-electron chi connectivity index (χ4n) is 2.87. The molecule has 0 amide bonds. The Kier molecular flexibility index (Phi) is 3.72. The van der Waals surface area contributed by atoms with Crippen LogP contribution in [0.1, 0.15) is 39.2 Å². The highest BCUT2D eigenvalue weighted by Gasteiger charge is 2.38. The molecule has 2 rings (SSSR count). The van der Waals surface area contributed by atoms with Crippen LogP contribution in [0.25, 0.3) is 0 Å². The van der Waals surface area contributed by atoms with Crippen molar-refractivity contribution in [2.75, 3.05) is 13.2 Å². The maximum absolute atomic E-state index is 5.60.